The van der Waals surface area contributed by atoms with E-state index in [-0.39, 0.29) is 10.6 Å². The predicted molar refractivity (Wildman–Crippen MR) is 86.5 cm³/mol. The van der Waals surface area contributed by atoms with Crippen molar-refractivity contribution in [2.24, 2.45) is 11.3 Å². The Morgan fingerprint density at radius 1 is 1.24 bits per heavy atom. The maximum absolute atomic E-state index is 11.0. The number of nitrogens with zero attached hydrogens (tertiary/aromatic N) is 2. The van der Waals surface area contributed by atoms with E-state index < -0.39 is 0 Å². The number of nitro benzene ring substituents is 1. The maximum atomic E-state index is 11.0. The Morgan fingerprint density at radius 3 is 2.57 bits per heavy atom. The molecule has 5 heteroatoms. The van der Waals surface area contributed by atoms with Crippen molar-refractivity contribution in [2.75, 3.05) is 23.7 Å². The van der Waals surface area contributed by atoms with Crippen LogP contribution in [0.15, 0.2) is 18.2 Å². The van der Waals surface area contributed by atoms with Gasteiger partial charge in [0, 0.05) is 36.6 Å². The van der Waals surface area contributed by atoms with E-state index in [1.165, 1.54) is 12.5 Å². The normalized spacial score (nSPS) is 20.1. The molecule has 0 aliphatic carbocycles. The van der Waals surface area contributed by atoms with Gasteiger partial charge in [0.1, 0.15) is 0 Å². The maximum Gasteiger partial charge on any atom is 0.273 e. The highest BCUT2D eigenvalue weighted by Gasteiger charge is 2.27. The average molecular weight is 291 g/mol. The summed E-state index contributed by atoms with van der Waals surface area (Å²) >= 11 is 0. The first kappa shape index (κ1) is 15.6. The Hall–Kier alpha value is -1.78. The van der Waals surface area contributed by atoms with Crippen molar-refractivity contribution in [1.29, 1.82) is 0 Å². The van der Waals surface area contributed by atoms with Gasteiger partial charge in [0.05, 0.1) is 4.92 Å². The first-order valence-corrected chi connectivity index (χ1v) is 7.57. The number of nitrogen functional groups attached to an aromatic ring is 1. The van der Waals surface area contributed by atoms with Crippen molar-refractivity contribution in [3.8, 4) is 0 Å². The molecule has 1 aromatic carbocycles. The highest BCUT2D eigenvalue weighted by Crippen LogP contribution is 2.36. The first-order chi connectivity index (χ1) is 9.77. The predicted octanol–water partition coefficient (Wildman–Crippen LogP) is 3.83. The van der Waals surface area contributed by atoms with E-state index in [2.05, 4.69) is 25.7 Å². The molecule has 1 aromatic rings. The third-order valence-corrected chi connectivity index (χ3v) is 4.45. The molecule has 1 fully saturated rings. The second-order valence-electron chi connectivity index (χ2n) is 7.02. The van der Waals surface area contributed by atoms with Crippen LogP contribution in [0.4, 0.5) is 17.1 Å². The lowest BCUT2D eigenvalue weighted by molar-refractivity contribution is -0.384. The molecule has 0 spiro atoms. The van der Waals surface area contributed by atoms with Crippen LogP contribution in [0.2, 0.25) is 0 Å². The SMILES string of the molecule is CC(C)(C)C1CCCN(c2cc(N)cc([N+](=O)[O-])c2)CC1. The Morgan fingerprint density at radius 2 is 1.95 bits per heavy atom. The Balaban J connectivity index is 2.17. The molecule has 1 unspecified atom stereocenters. The van der Waals surface area contributed by atoms with Crippen LogP contribution in [0.3, 0.4) is 0 Å². The largest absolute Gasteiger partial charge is 0.398 e. The van der Waals surface area contributed by atoms with Gasteiger partial charge in [-0.3, -0.25) is 10.1 Å². The van der Waals surface area contributed by atoms with Crippen LogP contribution in [0, 0.1) is 21.4 Å². The van der Waals surface area contributed by atoms with E-state index in [0.29, 0.717) is 17.0 Å². The molecule has 5 nitrogen and oxygen atoms in total. The van der Waals surface area contributed by atoms with Crippen LogP contribution >= 0.6 is 0 Å². The zero-order chi connectivity index (χ0) is 15.6. The van der Waals surface area contributed by atoms with Crippen molar-refractivity contribution in [2.45, 2.75) is 40.0 Å². The number of hydrogen-bond acceptors (Lipinski definition) is 4. The number of non-ortho nitro benzene ring substituents is 1. The molecule has 2 N–H and O–H groups in total. The standard InChI is InChI=1S/C16H25N3O2/c1-16(2,3)12-5-4-7-18(8-6-12)14-9-13(17)10-15(11-14)19(20)21/h9-12H,4-8,17H2,1-3H3. The fourth-order valence-electron chi connectivity index (χ4n) is 3.13. The van der Waals surface area contributed by atoms with E-state index in [0.717, 1.165) is 31.6 Å². The average Bonchev–Trinajstić information content (AvgIpc) is 2.63. The summed E-state index contributed by atoms with van der Waals surface area (Å²) < 4.78 is 0. The molecule has 2 rings (SSSR count). The lowest BCUT2D eigenvalue weighted by atomic mass is 9.77. The summed E-state index contributed by atoms with van der Waals surface area (Å²) in [5, 5.41) is 11.0. The zero-order valence-corrected chi connectivity index (χ0v) is 13.1. The monoisotopic (exact) mass is 291 g/mol. The van der Waals surface area contributed by atoms with Crippen LogP contribution in [-0.4, -0.2) is 18.0 Å². The summed E-state index contributed by atoms with van der Waals surface area (Å²) in [6.07, 6.45) is 3.45. The molecule has 1 aliphatic heterocycles. The number of rotatable bonds is 2. The minimum absolute atomic E-state index is 0.0709. The Labute approximate surface area is 126 Å². The fraction of sp³-hybridized carbons (Fsp3) is 0.625. The molecular formula is C16H25N3O2. The van der Waals surface area contributed by atoms with Crippen molar-refractivity contribution in [3.05, 3.63) is 28.3 Å². The van der Waals surface area contributed by atoms with E-state index in [1.807, 2.05) is 6.07 Å². The van der Waals surface area contributed by atoms with Gasteiger partial charge in [-0.25, -0.2) is 0 Å². The third-order valence-electron chi connectivity index (χ3n) is 4.45. The van der Waals surface area contributed by atoms with Gasteiger partial charge in [-0.15, -0.1) is 0 Å². The van der Waals surface area contributed by atoms with Gasteiger partial charge in [-0.2, -0.15) is 0 Å². The van der Waals surface area contributed by atoms with Gasteiger partial charge < -0.3 is 10.6 Å². The van der Waals surface area contributed by atoms with Gasteiger partial charge in [0.2, 0.25) is 0 Å². The minimum atomic E-state index is -0.379. The lowest BCUT2D eigenvalue weighted by Crippen LogP contribution is -2.26. The topological polar surface area (TPSA) is 72.4 Å². The zero-order valence-electron chi connectivity index (χ0n) is 13.1. The summed E-state index contributed by atoms with van der Waals surface area (Å²) in [5.41, 5.74) is 7.52. The van der Waals surface area contributed by atoms with Crippen molar-refractivity contribution in [1.82, 2.24) is 0 Å². The van der Waals surface area contributed by atoms with Gasteiger partial charge >= 0.3 is 0 Å². The summed E-state index contributed by atoms with van der Waals surface area (Å²) in [5.74, 6) is 0.693. The minimum Gasteiger partial charge on any atom is -0.398 e. The molecule has 0 amide bonds. The quantitative estimate of drug-likeness (QED) is 0.510. The highest BCUT2D eigenvalue weighted by molar-refractivity contribution is 5.62. The van der Waals surface area contributed by atoms with Gasteiger partial charge in [-0.05, 0) is 36.7 Å². The van der Waals surface area contributed by atoms with Crippen LogP contribution < -0.4 is 10.6 Å². The molecule has 116 valence electrons. The van der Waals surface area contributed by atoms with Crippen LogP contribution in [0.5, 0.6) is 0 Å². The Bertz CT molecular complexity index is 523. The number of anilines is 2. The van der Waals surface area contributed by atoms with Gasteiger partial charge in [0.15, 0.2) is 0 Å². The summed E-state index contributed by atoms with van der Waals surface area (Å²) in [4.78, 5) is 12.8. The van der Waals surface area contributed by atoms with E-state index in [4.69, 9.17) is 5.73 Å². The molecule has 1 saturated heterocycles. The van der Waals surface area contributed by atoms with Crippen molar-refractivity contribution < 1.29 is 4.92 Å². The van der Waals surface area contributed by atoms with Gasteiger partial charge in [-0.1, -0.05) is 20.8 Å². The fourth-order valence-corrected chi connectivity index (χ4v) is 3.13. The van der Waals surface area contributed by atoms with Crippen LogP contribution in [0.25, 0.3) is 0 Å². The second kappa shape index (κ2) is 5.92. The highest BCUT2D eigenvalue weighted by atomic mass is 16.6. The molecule has 0 radical (unpaired) electrons. The van der Waals surface area contributed by atoms with Crippen LogP contribution in [0.1, 0.15) is 40.0 Å². The summed E-state index contributed by atoms with van der Waals surface area (Å²) in [6.45, 7) is 8.74. The summed E-state index contributed by atoms with van der Waals surface area (Å²) in [7, 11) is 0. The molecule has 0 saturated carbocycles. The van der Waals surface area contributed by atoms with Gasteiger partial charge in [0.25, 0.3) is 5.69 Å². The lowest BCUT2D eigenvalue weighted by Gasteiger charge is -2.30. The third kappa shape index (κ3) is 3.86. The molecule has 1 aliphatic rings. The number of nitro groups is 1. The van der Waals surface area contributed by atoms with E-state index in [1.54, 1.807) is 6.07 Å². The second-order valence-corrected chi connectivity index (χ2v) is 7.02. The number of benzene rings is 1. The van der Waals surface area contributed by atoms with Crippen molar-refractivity contribution >= 4 is 17.1 Å². The van der Waals surface area contributed by atoms with E-state index >= 15 is 0 Å². The molecule has 21 heavy (non-hydrogen) atoms. The first-order valence-electron chi connectivity index (χ1n) is 7.57. The van der Waals surface area contributed by atoms with E-state index in [9.17, 15) is 10.1 Å². The molecule has 1 heterocycles. The Kier molecular flexibility index (Phi) is 4.40. The van der Waals surface area contributed by atoms with Crippen LogP contribution in [-0.2, 0) is 0 Å². The number of nitrogens with two attached hydrogens (primary N) is 1. The molecule has 0 bridgehead atoms. The molecule has 1 atom stereocenters. The number of hydrogen-bond donors (Lipinski definition) is 1. The molecule has 0 aromatic heterocycles. The summed E-state index contributed by atoms with van der Waals surface area (Å²) in [6, 6.07) is 4.89. The molecular weight excluding hydrogens is 266 g/mol. The smallest absolute Gasteiger partial charge is 0.273 e. The van der Waals surface area contributed by atoms with Crippen molar-refractivity contribution in [3.63, 3.8) is 0 Å².